The number of halogens is 2. The number of benzene rings is 3. The number of amides is 5. The maximum absolute atomic E-state index is 13.1. The number of urea groups is 1. The van der Waals surface area contributed by atoms with E-state index in [1.165, 1.54) is 42.5 Å². The summed E-state index contributed by atoms with van der Waals surface area (Å²) >= 11 is 12.5. The zero-order valence-electron chi connectivity index (χ0n) is 20.4. The van der Waals surface area contributed by atoms with E-state index in [4.69, 9.17) is 32.7 Å². The number of phenolic OH excluding ortho intramolecular Hbond substituents is 1. The molecule has 1 aliphatic heterocycles. The number of carbonyl (C=O) groups is 4. The summed E-state index contributed by atoms with van der Waals surface area (Å²) in [5, 5.41) is 14.7. The summed E-state index contributed by atoms with van der Waals surface area (Å²) in [5.74, 6) is -2.08. The molecule has 0 spiro atoms. The molecule has 4 rings (SSSR count). The predicted octanol–water partition coefficient (Wildman–Crippen LogP) is 4.78. The van der Waals surface area contributed by atoms with Crippen LogP contribution in [0.1, 0.15) is 12.5 Å². The van der Waals surface area contributed by atoms with Crippen molar-refractivity contribution in [3.8, 4) is 17.2 Å². The fraction of sp³-hybridized carbons (Fsp3) is 0.111. The molecule has 200 valence electrons. The van der Waals surface area contributed by atoms with Crippen molar-refractivity contribution >= 4 is 64.4 Å². The fourth-order valence-corrected chi connectivity index (χ4v) is 4.08. The number of para-hydroxylation sites is 1. The monoisotopic (exact) mass is 569 g/mol. The number of ether oxygens (including phenoxy) is 2. The van der Waals surface area contributed by atoms with Crippen LogP contribution >= 0.6 is 23.2 Å². The molecule has 1 heterocycles. The number of nitrogens with one attached hydrogen (secondary N) is 2. The van der Waals surface area contributed by atoms with E-state index in [2.05, 4.69) is 10.6 Å². The topological polar surface area (TPSA) is 134 Å². The molecular formula is C27H21Cl2N3O7. The van der Waals surface area contributed by atoms with Crippen molar-refractivity contribution in [1.29, 1.82) is 0 Å². The fourth-order valence-electron chi connectivity index (χ4n) is 3.62. The maximum atomic E-state index is 13.1. The number of barbiturate groups is 1. The minimum atomic E-state index is -0.931. The molecular weight excluding hydrogens is 549 g/mol. The van der Waals surface area contributed by atoms with Crippen molar-refractivity contribution in [2.45, 2.75) is 6.92 Å². The molecule has 1 saturated heterocycles. The van der Waals surface area contributed by atoms with Crippen molar-refractivity contribution in [3.05, 3.63) is 81.8 Å². The van der Waals surface area contributed by atoms with E-state index in [1.807, 2.05) is 0 Å². The van der Waals surface area contributed by atoms with Gasteiger partial charge in [-0.1, -0.05) is 35.3 Å². The van der Waals surface area contributed by atoms with E-state index in [0.717, 1.165) is 4.90 Å². The Morgan fingerprint density at radius 2 is 1.74 bits per heavy atom. The molecule has 39 heavy (non-hydrogen) atoms. The van der Waals surface area contributed by atoms with E-state index in [-0.39, 0.29) is 40.1 Å². The van der Waals surface area contributed by atoms with Crippen LogP contribution in [-0.4, -0.2) is 42.1 Å². The van der Waals surface area contributed by atoms with Gasteiger partial charge in [0.2, 0.25) is 0 Å². The Bertz CT molecular complexity index is 1490. The second-order valence-corrected chi connectivity index (χ2v) is 8.87. The number of imide groups is 2. The van der Waals surface area contributed by atoms with Crippen molar-refractivity contribution in [2.24, 2.45) is 0 Å². The molecule has 0 unspecified atom stereocenters. The lowest BCUT2D eigenvalue weighted by atomic mass is 10.1. The average molecular weight is 570 g/mol. The first-order valence-electron chi connectivity index (χ1n) is 11.5. The third-order valence-corrected chi connectivity index (χ3v) is 5.96. The zero-order chi connectivity index (χ0) is 28.1. The SMILES string of the molecule is CCOc1cc(/C=C2/C(=O)NC(=O)N(c3ccc(O)cc3)C2=O)cc(Cl)c1OCC(=O)Nc1ccccc1Cl. The summed E-state index contributed by atoms with van der Waals surface area (Å²) in [5.41, 5.74) is 0.533. The average Bonchev–Trinajstić information content (AvgIpc) is 2.88. The highest BCUT2D eigenvalue weighted by Gasteiger charge is 2.37. The van der Waals surface area contributed by atoms with Crippen LogP contribution in [0.5, 0.6) is 17.2 Å². The van der Waals surface area contributed by atoms with Gasteiger partial charge in [0.15, 0.2) is 18.1 Å². The highest BCUT2D eigenvalue weighted by molar-refractivity contribution is 6.39. The van der Waals surface area contributed by atoms with Crippen molar-refractivity contribution in [3.63, 3.8) is 0 Å². The Morgan fingerprint density at radius 3 is 2.44 bits per heavy atom. The van der Waals surface area contributed by atoms with Gasteiger partial charge in [-0.25, -0.2) is 9.69 Å². The summed E-state index contributed by atoms with van der Waals surface area (Å²) in [6, 6.07) is 14.0. The van der Waals surface area contributed by atoms with Gasteiger partial charge in [-0.05, 0) is 67.1 Å². The van der Waals surface area contributed by atoms with Gasteiger partial charge in [-0.2, -0.15) is 0 Å². The minimum Gasteiger partial charge on any atom is -0.508 e. The Hall–Kier alpha value is -4.54. The number of hydrogen-bond donors (Lipinski definition) is 3. The lowest BCUT2D eigenvalue weighted by Crippen LogP contribution is -2.54. The summed E-state index contributed by atoms with van der Waals surface area (Å²) in [6.45, 7) is 1.54. The molecule has 0 aromatic heterocycles. The largest absolute Gasteiger partial charge is 0.508 e. The standard InChI is InChI=1S/C27H21Cl2N3O7/c1-2-38-22-13-15(12-20(29)24(22)39-14-23(34)30-21-6-4-3-5-19(21)28)11-18-25(35)31-27(37)32(26(18)36)16-7-9-17(33)10-8-16/h3-13,33H,2,14H2,1H3,(H,30,34)(H,31,35,37)/b18-11-. The number of aromatic hydroxyl groups is 1. The van der Waals surface area contributed by atoms with Crippen LogP contribution in [-0.2, 0) is 14.4 Å². The van der Waals surface area contributed by atoms with Gasteiger partial charge >= 0.3 is 6.03 Å². The van der Waals surface area contributed by atoms with Crippen LogP contribution in [0, 0.1) is 0 Å². The van der Waals surface area contributed by atoms with E-state index in [9.17, 15) is 24.3 Å². The highest BCUT2D eigenvalue weighted by Crippen LogP contribution is 2.38. The number of rotatable bonds is 8. The number of nitrogens with zero attached hydrogens (tertiary/aromatic N) is 1. The van der Waals surface area contributed by atoms with Crippen molar-refractivity contribution in [1.82, 2.24) is 5.32 Å². The van der Waals surface area contributed by atoms with Crippen LogP contribution in [0.3, 0.4) is 0 Å². The molecule has 12 heteroatoms. The summed E-state index contributed by atoms with van der Waals surface area (Å²) < 4.78 is 11.3. The summed E-state index contributed by atoms with van der Waals surface area (Å²) in [7, 11) is 0. The van der Waals surface area contributed by atoms with Gasteiger partial charge in [0.05, 0.1) is 28.0 Å². The predicted molar refractivity (Wildman–Crippen MR) is 145 cm³/mol. The van der Waals surface area contributed by atoms with Gasteiger partial charge in [0.25, 0.3) is 17.7 Å². The zero-order valence-corrected chi connectivity index (χ0v) is 21.9. The van der Waals surface area contributed by atoms with Crippen LogP contribution in [0.25, 0.3) is 6.08 Å². The Balaban J connectivity index is 1.58. The Morgan fingerprint density at radius 1 is 1.03 bits per heavy atom. The second kappa shape index (κ2) is 11.9. The first kappa shape index (κ1) is 27.5. The number of carbonyl (C=O) groups excluding carboxylic acids is 4. The minimum absolute atomic E-state index is 0.0495. The Labute approximate surface area is 232 Å². The quantitative estimate of drug-likeness (QED) is 0.262. The molecule has 0 bridgehead atoms. The van der Waals surface area contributed by atoms with Gasteiger partial charge in [0, 0.05) is 0 Å². The number of hydrogen-bond acceptors (Lipinski definition) is 7. The Kier molecular flexibility index (Phi) is 8.38. The van der Waals surface area contributed by atoms with Crippen molar-refractivity contribution < 1.29 is 33.8 Å². The number of anilines is 2. The van der Waals surface area contributed by atoms with Crippen molar-refractivity contribution in [2.75, 3.05) is 23.4 Å². The number of phenols is 1. The summed E-state index contributed by atoms with van der Waals surface area (Å²) in [6.07, 6.45) is 1.25. The van der Waals surface area contributed by atoms with E-state index < -0.39 is 30.4 Å². The second-order valence-electron chi connectivity index (χ2n) is 8.05. The lowest BCUT2D eigenvalue weighted by molar-refractivity contribution is -0.122. The van der Waals surface area contributed by atoms with E-state index in [0.29, 0.717) is 16.3 Å². The first-order valence-corrected chi connectivity index (χ1v) is 12.3. The van der Waals surface area contributed by atoms with Crippen LogP contribution < -0.4 is 25.0 Å². The van der Waals surface area contributed by atoms with Crippen LogP contribution in [0.2, 0.25) is 10.0 Å². The molecule has 3 N–H and O–H groups in total. The van der Waals surface area contributed by atoms with E-state index >= 15 is 0 Å². The third kappa shape index (κ3) is 6.31. The molecule has 3 aromatic rings. The summed E-state index contributed by atoms with van der Waals surface area (Å²) in [4.78, 5) is 51.2. The third-order valence-electron chi connectivity index (χ3n) is 5.35. The molecule has 0 radical (unpaired) electrons. The molecule has 1 fully saturated rings. The molecule has 10 nitrogen and oxygen atoms in total. The van der Waals surface area contributed by atoms with Gasteiger partial charge in [-0.15, -0.1) is 0 Å². The van der Waals surface area contributed by atoms with Gasteiger partial charge < -0.3 is 19.9 Å². The van der Waals surface area contributed by atoms with Gasteiger partial charge in [0.1, 0.15) is 11.3 Å². The van der Waals surface area contributed by atoms with Crippen LogP contribution in [0.4, 0.5) is 16.2 Å². The van der Waals surface area contributed by atoms with Gasteiger partial charge in [-0.3, -0.25) is 19.7 Å². The highest BCUT2D eigenvalue weighted by atomic mass is 35.5. The molecule has 3 aromatic carbocycles. The molecule has 1 aliphatic rings. The molecule has 5 amide bonds. The molecule has 0 aliphatic carbocycles. The molecule has 0 atom stereocenters. The smallest absolute Gasteiger partial charge is 0.335 e. The normalized spacial score (nSPS) is 14.3. The van der Waals surface area contributed by atoms with E-state index in [1.54, 1.807) is 31.2 Å². The molecule has 0 saturated carbocycles. The lowest BCUT2D eigenvalue weighted by Gasteiger charge is -2.26. The maximum Gasteiger partial charge on any atom is 0.335 e. The first-order chi connectivity index (χ1) is 18.7. The van der Waals surface area contributed by atoms with Crippen LogP contribution in [0.15, 0.2) is 66.2 Å².